The van der Waals surface area contributed by atoms with Gasteiger partial charge in [0.25, 0.3) is 11.8 Å². The van der Waals surface area contributed by atoms with Crippen LogP contribution in [0.4, 0.5) is 5.69 Å². The summed E-state index contributed by atoms with van der Waals surface area (Å²) in [4.78, 5) is 26.5. The molecule has 1 aliphatic rings. The van der Waals surface area contributed by atoms with Gasteiger partial charge in [0.1, 0.15) is 5.75 Å². The minimum absolute atomic E-state index is 0.00355. The van der Waals surface area contributed by atoms with Crippen LogP contribution in [0.15, 0.2) is 48.5 Å². The van der Waals surface area contributed by atoms with Crippen LogP contribution in [0, 0.1) is 0 Å². The summed E-state index contributed by atoms with van der Waals surface area (Å²) in [7, 11) is 0. The molecule has 2 amide bonds. The zero-order chi connectivity index (χ0) is 19.9. The molecule has 0 saturated carbocycles. The molecule has 2 N–H and O–H groups in total. The van der Waals surface area contributed by atoms with Gasteiger partial charge in [0.2, 0.25) is 0 Å². The number of amides is 2. The second kappa shape index (κ2) is 9.37. The fourth-order valence-electron chi connectivity index (χ4n) is 3.49. The van der Waals surface area contributed by atoms with Crippen LogP contribution in [0.1, 0.15) is 29.8 Å². The zero-order valence-electron chi connectivity index (χ0n) is 16.4. The number of likely N-dealkylation sites (N-methyl/N-ethyl adjacent to an activating group) is 1. The van der Waals surface area contributed by atoms with Gasteiger partial charge in [0, 0.05) is 18.2 Å². The van der Waals surface area contributed by atoms with Gasteiger partial charge in [-0.3, -0.25) is 14.5 Å². The van der Waals surface area contributed by atoms with Crippen LogP contribution in [0.3, 0.4) is 0 Å². The van der Waals surface area contributed by atoms with Gasteiger partial charge in [0.15, 0.2) is 6.61 Å². The Bertz CT molecular complexity index is 819. The Morgan fingerprint density at radius 2 is 1.93 bits per heavy atom. The van der Waals surface area contributed by atoms with Crippen molar-refractivity contribution in [2.24, 2.45) is 0 Å². The lowest BCUT2D eigenvalue weighted by molar-refractivity contribution is -0.118. The van der Waals surface area contributed by atoms with E-state index >= 15 is 0 Å². The normalized spacial score (nSPS) is 14.0. The third kappa shape index (κ3) is 4.89. The third-order valence-electron chi connectivity index (χ3n) is 5.02. The van der Waals surface area contributed by atoms with Crippen LogP contribution in [0.5, 0.6) is 5.75 Å². The molecule has 2 aromatic carbocycles. The fourth-order valence-corrected chi connectivity index (χ4v) is 3.49. The molecule has 0 radical (unpaired) electrons. The highest BCUT2D eigenvalue weighted by Gasteiger charge is 2.20. The van der Waals surface area contributed by atoms with E-state index in [1.54, 1.807) is 18.2 Å². The molecule has 3 rings (SSSR count). The Morgan fingerprint density at radius 1 is 1.18 bits per heavy atom. The average Bonchev–Trinajstić information content (AvgIpc) is 2.72. The molecule has 1 atom stereocenters. The van der Waals surface area contributed by atoms with Crippen molar-refractivity contribution in [2.75, 3.05) is 31.6 Å². The maximum Gasteiger partial charge on any atom is 0.262 e. The van der Waals surface area contributed by atoms with Crippen molar-refractivity contribution in [1.29, 1.82) is 0 Å². The summed E-state index contributed by atoms with van der Waals surface area (Å²) in [5, 5.41) is 5.79. The van der Waals surface area contributed by atoms with E-state index in [9.17, 15) is 9.59 Å². The first-order chi connectivity index (χ1) is 13.6. The molecule has 0 aliphatic carbocycles. The molecule has 6 nitrogen and oxygen atoms in total. The Kier molecular flexibility index (Phi) is 6.66. The standard InChI is InChI=1S/C22H27N3O3/c1-3-25(4-2)18(12-16-8-6-5-7-9-16)14-23-22(27)17-10-11-20-19(13-17)24-21(26)15-28-20/h5-11,13,18H,3-4,12,14-15H2,1-2H3,(H,23,27)(H,24,26). The molecule has 6 heteroatoms. The Hall–Kier alpha value is -2.86. The van der Waals surface area contributed by atoms with Crippen LogP contribution in [-0.4, -0.2) is 49.0 Å². The molecule has 1 aliphatic heterocycles. The van der Waals surface area contributed by atoms with Crippen LogP contribution < -0.4 is 15.4 Å². The lowest BCUT2D eigenvalue weighted by Crippen LogP contribution is -2.45. The molecule has 0 saturated heterocycles. The smallest absolute Gasteiger partial charge is 0.262 e. The number of carbonyl (C=O) groups excluding carboxylic acids is 2. The number of hydrogen-bond acceptors (Lipinski definition) is 4. The van der Waals surface area contributed by atoms with Crippen molar-refractivity contribution < 1.29 is 14.3 Å². The van der Waals surface area contributed by atoms with E-state index in [4.69, 9.17) is 4.74 Å². The molecule has 0 spiro atoms. The average molecular weight is 381 g/mol. The molecule has 148 valence electrons. The molecule has 28 heavy (non-hydrogen) atoms. The van der Waals surface area contributed by atoms with Gasteiger partial charge in [-0.1, -0.05) is 44.2 Å². The SMILES string of the molecule is CCN(CC)C(CNC(=O)c1ccc2c(c1)NC(=O)CO2)Cc1ccccc1. The van der Waals surface area contributed by atoms with Crippen molar-refractivity contribution in [3.05, 3.63) is 59.7 Å². The lowest BCUT2D eigenvalue weighted by Gasteiger charge is -2.30. The van der Waals surface area contributed by atoms with Crippen LogP contribution in [-0.2, 0) is 11.2 Å². The Labute approximate surface area is 165 Å². The number of rotatable bonds is 8. The summed E-state index contributed by atoms with van der Waals surface area (Å²) in [6.07, 6.45) is 0.872. The van der Waals surface area contributed by atoms with Gasteiger partial charge in [-0.05, 0) is 43.3 Å². The van der Waals surface area contributed by atoms with Crippen molar-refractivity contribution in [3.8, 4) is 5.75 Å². The van der Waals surface area contributed by atoms with E-state index in [1.807, 2.05) is 18.2 Å². The molecule has 0 aromatic heterocycles. The number of carbonyl (C=O) groups is 2. The molecule has 1 unspecified atom stereocenters. The first kappa shape index (κ1) is 19.9. The topological polar surface area (TPSA) is 70.7 Å². The van der Waals surface area contributed by atoms with Gasteiger partial charge in [-0.15, -0.1) is 0 Å². The Balaban J connectivity index is 1.67. The molecule has 0 fully saturated rings. The molecule has 1 heterocycles. The predicted octanol–water partition coefficient (Wildman–Crippen LogP) is 2.70. The summed E-state index contributed by atoms with van der Waals surface area (Å²) >= 11 is 0. The van der Waals surface area contributed by atoms with E-state index in [-0.39, 0.29) is 24.5 Å². The maximum absolute atomic E-state index is 12.7. The van der Waals surface area contributed by atoms with Crippen molar-refractivity contribution in [1.82, 2.24) is 10.2 Å². The Morgan fingerprint density at radius 3 is 2.64 bits per heavy atom. The second-order valence-corrected chi connectivity index (χ2v) is 6.82. The highest BCUT2D eigenvalue weighted by atomic mass is 16.5. The quantitative estimate of drug-likeness (QED) is 0.738. The predicted molar refractivity (Wildman–Crippen MR) is 110 cm³/mol. The van der Waals surface area contributed by atoms with E-state index in [1.165, 1.54) is 5.56 Å². The zero-order valence-corrected chi connectivity index (χ0v) is 16.4. The first-order valence-electron chi connectivity index (χ1n) is 9.73. The highest BCUT2D eigenvalue weighted by Crippen LogP contribution is 2.28. The summed E-state index contributed by atoms with van der Waals surface area (Å²) < 4.78 is 5.35. The van der Waals surface area contributed by atoms with E-state index in [2.05, 4.69) is 41.5 Å². The molecule has 2 aromatic rings. The summed E-state index contributed by atoms with van der Waals surface area (Å²) in [5.41, 5.74) is 2.29. The number of nitrogens with zero attached hydrogens (tertiary/aromatic N) is 1. The number of anilines is 1. The summed E-state index contributed by atoms with van der Waals surface area (Å²) in [6, 6.07) is 15.6. The molecular weight excluding hydrogens is 354 g/mol. The molecular formula is C22H27N3O3. The van der Waals surface area contributed by atoms with E-state index < -0.39 is 0 Å². The number of benzene rings is 2. The van der Waals surface area contributed by atoms with Gasteiger partial charge >= 0.3 is 0 Å². The fraction of sp³-hybridized carbons (Fsp3) is 0.364. The monoisotopic (exact) mass is 381 g/mol. The van der Waals surface area contributed by atoms with E-state index in [0.717, 1.165) is 19.5 Å². The van der Waals surface area contributed by atoms with Crippen molar-refractivity contribution in [2.45, 2.75) is 26.3 Å². The molecule has 0 bridgehead atoms. The first-order valence-corrected chi connectivity index (χ1v) is 9.73. The summed E-state index contributed by atoms with van der Waals surface area (Å²) in [6.45, 7) is 6.67. The third-order valence-corrected chi connectivity index (χ3v) is 5.02. The number of fused-ring (bicyclic) bond motifs is 1. The largest absolute Gasteiger partial charge is 0.482 e. The minimum Gasteiger partial charge on any atom is -0.482 e. The number of nitrogens with one attached hydrogen (secondary N) is 2. The second-order valence-electron chi connectivity index (χ2n) is 6.82. The van der Waals surface area contributed by atoms with Crippen molar-refractivity contribution >= 4 is 17.5 Å². The number of ether oxygens (including phenoxy) is 1. The van der Waals surface area contributed by atoms with Crippen LogP contribution in [0.25, 0.3) is 0 Å². The number of hydrogen-bond donors (Lipinski definition) is 2. The summed E-state index contributed by atoms with van der Waals surface area (Å²) in [5.74, 6) is 0.212. The van der Waals surface area contributed by atoms with Crippen LogP contribution in [0.2, 0.25) is 0 Å². The minimum atomic E-state index is -0.213. The highest BCUT2D eigenvalue weighted by molar-refractivity contribution is 5.99. The van der Waals surface area contributed by atoms with Gasteiger partial charge < -0.3 is 15.4 Å². The van der Waals surface area contributed by atoms with Gasteiger partial charge in [-0.25, -0.2) is 0 Å². The van der Waals surface area contributed by atoms with E-state index in [0.29, 0.717) is 23.5 Å². The van der Waals surface area contributed by atoms with Crippen LogP contribution >= 0.6 is 0 Å². The maximum atomic E-state index is 12.7. The van der Waals surface area contributed by atoms with Gasteiger partial charge in [0.05, 0.1) is 5.69 Å². The van der Waals surface area contributed by atoms with Gasteiger partial charge in [-0.2, -0.15) is 0 Å². The van der Waals surface area contributed by atoms with Crippen molar-refractivity contribution in [3.63, 3.8) is 0 Å². The lowest BCUT2D eigenvalue weighted by atomic mass is 10.0.